The lowest BCUT2D eigenvalue weighted by molar-refractivity contribution is 0.319. The van der Waals surface area contributed by atoms with Crippen molar-refractivity contribution in [1.82, 2.24) is 23.9 Å². The van der Waals surface area contributed by atoms with Crippen LogP contribution in [-0.2, 0) is 10.0 Å². The molecule has 4 rings (SSSR count). The molecule has 1 aliphatic heterocycles. The van der Waals surface area contributed by atoms with Crippen molar-refractivity contribution in [3.8, 4) is 0 Å². The van der Waals surface area contributed by atoms with Crippen molar-refractivity contribution in [2.24, 2.45) is 0 Å². The summed E-state index contributed by atoms with van der Waals surface area (Å²) in [5, 5.41) is 4.21. The third kappa shape index (κ3) is 2.86. The monoisotopic (exact) mass is 377 g/mol. The molecule has 132 valence electrons. The fraction of sp³-hybridized carbons (Fsp3) is 0.438. The molecule has 0 spiro atoms. The summed E-state index contributed by atoms with van der Waals surface area (Å²) in [6.07, 6.45) is 5.18. The van der Waals surface area contributed by atoms with E-state index in [2.05, 4.69) is 22.0 Å². The van der Waals surface area contributed by atoms with Crippen LogP contribution < -0.4 is 0 Å². The van der Waals surface area contributed by atoms with E-state index >= 15 is 0 Å². The molecule has 0 aliphatic carbocycles. The number of hydrogen-bond donors (Lipinski definition) is 0. The predicted molar refractivity (Wildman–Crippen MR) is 95.3 cm³/mol. The van der Waals surface area contributed by atoms with Gasteiger partial charge in [0.2, 0.25) is 0 Å². The van der Waals surface area contributed by atoms with Gasteiger partial charge in [-0.2, -0.15) is 9.40 Å². The van der Waals surface area contributed by atoms with E-state index in [1.807, 2.05) is 12.3 Å². The Morgan fingerprint density at radius 2 is 1.96 bits per heavy atom. The fourth-order valence-electron chi connectivity index (χ4n) is 3.46. The van der Waals surface area contributed by atoms with Gasteiger partial charge in [0.25, 0.3) is 10.0 Å². The van der Waals surface area contributed by atoms with Crippen LogP contribution in [0.15, 0.2) is 28.3 Å². The summed E-state index contributed by atoms with van der Waals surface area (Å²) in [4.78, 5) is 8.28. The van der Waals surface area contributed by atoms with Crippen LogP contribution in [0.25, 0.3) is 5.65 Å². The number of nitrogens with zero attached hydrogens (tertiary/aromatic N) is 5. The molecule has 0 atom stereocenters. The zero-order chi connectivity index (χ0) is 17.6. The Morgan fingerprint density at radius 3 is 2.64 bits per heavy atom. The first-order chi connectivity index (χ1) is 12.0. The summed E-state index contributed by atoms with van der Waals surface area (Å²) in [6.45, 7) is 4.87. The zero-order valence-corrected chi connectivity index (χ0v) is 15.7. The minimum Gasteiger partial charge on any atom is -0.249 e. The molecular formula is C16H19N5O2S2. The highest BCUT2D eigenvalue weighted by molar-refractivity contribution is 7.91. The van der Waals surface area contributed by atoms with Gasteiger partial charge in [-0.1, -0.05) is 0 Å². The average Bonchev–Trinajstić information content (AvgIpc) is 3.22. The second-order valence-corrected chi connectivity index (χ2v) is 9.37. The Balaban J connectivity index is 1.55. The number of sulfonamides is 1. The largest absolute Gasteiger partial charge is 0.254 e. The highest BCUT2D eigenvalue weighted by atomic mass is 32.2. The lowest BCUT2D eigenvalue weighted by atomic mass is 9.89. The summed E-state index contributed by atoms with van der Waals surface area (Å²) in [5.41, 5.74) is 5.41. The van der Waals surface area contributed by atoms with Crippen molar-refractivity contribution >= 4 is 27.0 Å². The van der Waals surface area contributed by atoms with Crippen molar-refractivity contribution in [3.63, 3.8) is 0 Å². The predicted octanol–water partition coefficient (Wildman–Crippen LogP) is 2.37. The number of aryl methyl sites for hydroxylation is 2. The lowest BCUT2D eigenvalue weighted by Gasteiger charge is -2.31. The van der Waals surface area contributed by atoms with Gasteiger partial charge in [-0.3, -0.25) is 0 Å². The van der Waals surface area contributed by atoms with Crippen LogP contribution in [0.3, 0.4) is 0 Å². The molecule has 0 aromatic carbocycles. The van der Waals surface area contributed by atoms with E-state index in [0.717, 1.165) is 18.5 Å². The van der Waals surface area contributed by atoms with Gasteiger partial charge in [-0.05, 0) is 49.8 Å². The second-order valence-electron chi connectivity index (χ2n) is 6.38. The van der Waals surface area contributed by atoms with Crippen molar-refractivity contribution < 1.29 is 8.42 Å². The van der Waals surface area contributed by atoms with Crippen LogP contribution in [0, 0.1) is 13.8 Å². The van der Waals surface area contributed by atoms with Gasteiger partial charge < -0.3 is 0 Å². The van der Waals surface area contributed by atoms with Gasteiger partial charge in [0.05, 0.1) is 11.2 Å². The molecule has 4 heterocycles. The number of aromatic nitrogens is 4. The summed E-state index contributed by atoms with van der Waals surface area (Å²) in [5.74, 6) is 0.336. The number of pyridine rings is 1. The first kappa shape index (κ1) is 16.6. The lowest BCUT2D eigenvalue weighted by Crippen LogP contribution is -2.38. The molecule has 0 radical (unpaired) electrons. The van der Waals surface area contributed by atoms with Gasteiger partial charge in [0.15, 0.2) is 9.86 Å². The molecule has 3 aromatic heterocycles. The maximum Gasteiger partial charge on any atom is 0.254 e. The third-order valence-corrected chi connectivity index (χ3v) is 8.28. The maximum atomic E-state index is 12.8. The normalized spacial score (nSPS) is 17.4. The molecule has 0 saturated carbocycles. The number of hydrogen-bond acceptors (Lipinski definition) is 6. The zero-order valence-electron chi connectivity index (χ0n) is 14.1. The number of thiazole rings is 1. The Morgan fingerprint density at radius 1 is 1.20 bits per heavy atom. The van der Waals surface area contributed by atoms with Gasteiger partial charge in [-0.25, -0.2) is 22.9 Å². The van der Waals surface area contributed by atoms with Gasteiger partial charge in [0, 0.05) is 19.3 Å². The summed E-state index contributed by atoms with van der Waals surface area (Å²) in [6, 6.07) is 2.03. The first-order valence-electron chi connectivity index (χ1n) is 8.17. The van der Waals surface area contributed by atoms with Crippen molar-refractivity contribution in [2.75, 3.05) is 13.1 Å². The Bertz CT molecular complexity index is 1020. The highest BCUT2D eigenvalue weighted by Crippen LogP contribution is 2.33. The van der Waals surface area contributed by atoms with Gasteiger partial charge >= 0.3 is 0 Å². The summed E-state index contributed by atoms with van der Waals surface area (Å²) < 4.78 is 29.3. The maximum absolute atomic E-state index is 12.8. The average molecular weight is 377 g/mol. The van der Waals surface area contributed by atoms with Crippen LogP contribution in [0.2, 0.25) is 0 Å². The van der Waals surface area contributed by atoms with Gasteiger partial charge in [0.1, 0.15) is 6.33 Å². The molecule has 0 unspecified atom stereocenters. The molecule has 0 N–H and O–H groups in total. The smallest absolute Gasteiger partial charge is 0.249 e. The molecule has 1 aliphatic rings. The number of piperidine rings is 1. The second kappa shape index (κ2) is 6.15. The molecule has 9 heteroatoms. The van der Waals surface area contributed by atoms with E-state index in [4.69, 9.17) is 0 Å². The minimum absolute atomic E-state index is 0.336. The van der Waals surface area contributed by atoms with E-state index in [1.165, 1.54) is 22.5 Å². The molecule has 7 nitrogen and oxygen atoms in total. The third-order valence-electron chi connectivity index (χ3n) is 4.83. The molecule has 25 heavy (non-hydrogen) atoms. The van der Waals surface area contributed by atoms with Crippen LogP contribution in [0.4, 0.5) is 0 Å². The summed E-state index contributed by atoms with van der Waals surface area (Å²) >= 11 is 1.19. The quantitative estimate of drug-likeness (QED) is 0.700. The van der Waals surface area contributed by atoms with Crippen molar-refractivity contribution in [2.45, 2.75) is 36.8 Å². The molecule has 1 saturated heterocycles. The van der Waals surface area contributed by atoms with E-state index in [-0.39, 0.29) is 0 Å². The van der Waals surface area contributed by atoms with E-state index in [1.54, 1.807) is 27.6 Å². The van der Waals surface area contributed by atoms with Crippen molar-refractivity contribution in [3.05, 3.63) is 40.9 Å². The van der Waals surface area contributed by atoms with Crippen molar-refractivity contribution in [1.29, 1.82) is 0 Å². The Hall–Kier alpha value is -1.84. The van der Waals surface area contributed by atoms with Crippen LogP contribution in [-0.4, -0.2) is 45.4 Å². The number of rotatable bonds is 3. The highest BCUT2D eigenvalue weighted by Gasteiger charge is 2.32. The van der Waals surface area contributed by atoms with Crippen LogP contribution in [0.5, 0.6) is 0 Å². The minimum atomic E-state index is -3.43. The molecule has 3 aromatic rings. The molecular weight excluding hydrogens is 358 g/mol. The molecule has 1 fully saturated rings. The topological polar surface area (TPSA) is 80.5 Å². The van der Waals surface area contributed by atoms with E-state index in [9.17, 15) is 8.42 Å². The van der Waals surface area contributed by atoms with Gasteiger partial charge in [-0.15, -0.1) is 11.3 Å². The summed E-state index contributed by atoms with van der Waals surface area (Å²) in [7, 11) is -3.43. The van der Waals surface area contributed by atoms with E-state index < -0.39 is 10.0 Å². The van der Waals surface area contributed by atoms with Crippen LogP contribution >= 0.6 is 11.3 Å². The van der Waals surface area contributed by atoms with E-state index in [0.29, 0.717) is 28.9 Å². The molecule has 0 amide bonds. The fourth-order valence-corrected chi connectivity index (χ4v) is 6.28. The number of fused-ring (bicyclic) bond motifs is 1. The Labute approximate surface area is 150 Å². The standard InChI is InChI=1S/C16H19N5O2S2/c1-11-7-15-17-9-19-21(15)8-14(11)13-3-5-20(6-4-13)25(22,23)16-12(2)18-10-24-16/h7-10,13H,3-6H2,1-2H3. The SMILES string of the molecule is Cc1cc2ncnn2cc1C1CCN(S(=O)(=O)c2scnc2C)CC1. The Kier molecular flexibility index (Phi) is 4.09. The molecule has 0 bridgehead atoms. The van der Waals surface area contributed by atoms with Crippen LogP contribution in [0.1, 0.15) is 35.6 Å². The first-order valence-corrected chi connectivity index (χ1v) is 10.5.